The summed E-state index contributed by atoms with van der Waals surface area (Å²) in [5, 5.41) is 3.59. The van der Waals surface area contributed by atoms with E-state index >= 15 is 0 Å². The minimum absolute atomic E-state index is 0.0332. The quantitative estimate of drug-likeness (QED) is 0.754. The fraction of sp³-hybridized carbons (Fsp3) is 0.400. The molecule has 2 amide bonds. The molecule has 0 aliphatic heterocycles. The van der Waals surface area contributed by atoms with E-state index in [-0.39, 0.29) is 24.9 Å². The summed E-state index contributed by atoms with van der Waals surface area (Å²) in [5.41, 5.74) is 0.932. The van der Waals surface area contributed by atoms with E-state index in [4.69, 9.17) is 16.0 Å². The van der Waals surface area contributed by atoms with E-state index in [1.165, 1.54) is 0 Å². The average molecular weight is 390 g/mol. The van der Waals surface area contributed by atoms with Gasteiger partial charge >= 0.3 is 0 Å². The van der Waals surface area contributed by atoms with Crippen LogP contribution in [0.1, 0.15) is 18.6 Å². The van der Waals surface area contributed by atoms with Crippen LogP contribution in [0.2, 0.25) is 5.02 Å². The molecular formula is C20H24ClN3O3. The number of nitrogens with zero attached hydrogens (tertiary/aromatic N) is 2. The van der Waals surface area contributed by atoms with Gasteiger partial charge in [-0.25, -0.2) is 0 Å². The maximum absolute atomic E-state index is 12.4. The minimum atomic E-state index is -0.0684. The summed E-state index contributed by atoms with van der Waals surface area (Å²) < 4.78 is 5.84. The van der Waals surface area contributed by atoms with Crippen molar-refractivity contribution in [2.45, 2.75) is 25.4 Å². The summed E-state index contributed by atoms with van der Waals surface area (Å²) >= 11 is 5.90. The van der Waals surface area contributed by atoms with Gasteiger partial charge in [-0.15, -0.1) is 0 Å². The monoisotopic (exact) mass is 389 g/mol. The number of carbonyl (C=O) groups is 2. The van der Waals surface area contributed by atoms with Gasteiger partial charge in [0.25, 0.3) is 0 Å². The fourth-order valence-corrected chi connectivity index (χ4v) is 2.83. The highest BCUT2D eigenvalue weighted by molar-refractivity contribution is 6.30. The summed E-state index contributed by atoms with van der Waals surface area (Å²) in [6, 6.07) is 11.5. The highest BCUT2D eigenvalue weighted by atomic mass is 35.5. The van der Waals surface area contributed by atoms with Gasteiger partial charge in [0.1, 0.15) is 11.5 Å². The molecule has 6 nitrogen and oxygen atoms in total. The number of carbonyl (C=O) groups excluding carboxylic acids is 2. The van der Waals surface area contributed by atoms with Crippen LogP contribution in [0.4, 0.5) is 0 Å². The molecule has 0 bridgehead atoms. The lowest BCUT2D eigenvalue weighted by atomic mass is 10.2. The number of hydrogen-bond donors (Lipinski definition) is 1. The van der Waals surface area contributed by atoms with Crippen molar-refractivity contribution in [3.05, 3.63) is 47.2 Å². The van der Waals surface area contributed by atoms with Crippen molar-refractivity contribution < 1.29 is 14.0 Å². The average Bonchev–Trinajstić information content (AvgIpc) is 3.30. The molecule has 0 saturated heterocycles. The van der Waals surface area contributed by atoms with Crippen molar-refractivity contribution in [1.29, 1.82) is 0 Å². The molecule has 1 fully saturated rings. The van der Waals surface area contributed by atoms with Crippen LogP contribution in [0.15, 0.2) is 40.8 Å². The Morgan fingerprint density at radius 2 is 1.81 bits per heavy atom. The predicted molar refractivity (Wildman–Crippen MR) is 104 cm³/mol. The van der Waals surface area contributed by atoms with Crippen molar-refractivity contribution in [2.75, 3.05) is 27.2 Å². The number of hydrogen-bond acceptors (Lipinski definition) is 4. The number of amides is 2. The number of rotatable bonds is 8. The highest BCUT2D eigenvalue weighted by Crippen LogP contribution is 2.24. The molecule has 1 aliphatic rings. The van der Waals surface area contributed by atoms with Gasteiger partial charge in [-0.1, -0.05) is 11.6 Å². The van der Waals surface area contributed by atoms with E-state index in [9.17, 15) is 9.59 Å². The molecule has 1 aliphatic carbocycles. The fourth-order valence-electron chi connectivity index (χ4n) is 2.71. The van der Waals surface area contributed by atoms with Gasteiger partial charge in [0.05, 0.1) is 19.6 Å². The first-order valence-corrected chi connectivity index (χ1v) is 9.35. The lowest BCUT2D eigenvalue weighted by molar-refractivity contribution is -0.132. The summed E-state index contributed by atoms with van der Waals surface area (Å²) in [6.07, 6.45) is 2.11. The number of furan rings is 1. The van der Waals surface area contributed by atoms with E-state index in [0.29, 0.717) is 23.4 Å². The number of likely N-dealkylation sites (N-methyl/N-ethyl adjacent to an activating group) is 2. The first-order chi connectivity index (χ1) is 12.9. The molecule has 1 aromatic heterocycles. The van der Waals surface area contributed by atoms with E-state index < -0.39 is 0 Å². The standard InChI is InChI=1S/C20H24ClN3O3/c1-23(12-19(25)22-16-7-8-16)13-20(26)24(2)11-17-9-10-18(27-17)14-3-5-15(21)6-4-14/h3-6,9-10,16H,7-8,11-13H2,1-2H3,(H,22,25). The van der Waals surface area contributed by atoms with Crippen LogP contribution < -0.4 is 5.32 Å². The maximum Gasteiger partial charge on any atom is 0.236 e. The first kappa shape index (κ1) is 19.5. The van der Waals surface area contributed by atoms with E-state index in [1.54, 1.807) is 23.9 Å². The van der Waals surface area contributed by atoms with Crippen LogP contribution in [0.5, 0.6) is 0 Å². The molecule has 1 saturated carbocycles. The highest BCUT2D eigenvalue weighted by Gasteiger charge is 2.24. The maximum atomic E-state index is 12.4. The van der Waals surface area contributed by atoms with Gasteiger partial charge in [0, 0.05) is 23.7 Å². The Balaban J connectivity index is 1.49. The number of nitrogens with one attached hydrogen (secondary N) is 1. The summed E-state index contributed by atoms with van der Waals surface area (Å²) in [7, 11) is 3.49. The van der Waals surface area contributed by atoms with Crippen LogP contribution in [0.25, 0.3) is 11.3 Å². The molecule has 1 heterocycles. The van der Waals surface area contributed by atoms with E-state index in [1.807, 2.05) is 36.4 Å². The smallest absolute Gasteiger partial charge is 0.236 e. The molecule has 0 unspecified atom stereocenters. The molecular weight excluding hydrogens is 366 g/mol. The second-order valence-corrected chi connectivity index (χ2v) is 7.47. The Morgan fingerprint density at radius 3 is 2.48 bits per heavy atom. The van der Waals surface area contributed by atoms with Crippen LogP contribution in [-0.4, -0.2) is 54.8 Å². The van der Waals surface area contributed by atoms with Crippen molar-refractivity contribution in [1.82, 2.24) is 15.1 Å². The van der Waals surface area contributed by atoms with Crippen molar-refractivity contribution in [3.63, 3.8) is 0 Å². The minimum Gasteiger partial charge on any atom is -0.459 e. The largest absolute Gasteiger partial charge is 0.459 e. The Labute approximate surface area is 164 Å². The van der Waals surface area contributed by atoms with Gasteiger partial charge < -0.3 is 14.6 Å². The van der Waals surface area contributed by atoms with Crippen molar-refractivity contribution >= 4 is 23.4 Å². The van der Waals surface area contributed by atoms with E-state index in [2.05, 4.69) is 5.32 Å². The molecule has 1 N–H and O–H groups in total. The molecule has 0 spiro atoms. The number of benzene rings is 1. The van der Waals surface area contributed by atoms with Gasteiger partial charge in [0.2, 0.25) is 11.8 Å². The van der Waals surface area contributed by atoms with Crippen molar-refractivity contribution in [3.8, 4) is 11.3 Å². The zero-order valence-corrected chi connectivity index (χ0v) is 16.3. The molecule has 7 heteroatoms. The Bertz CT molecular complexity index is 799. The van der Waals surface area contributed by atoms with Gasteiger partial charge in [0.15, 0.2) is 0 Å². The second-order valence-electron chi connectivity index (χ2n) is 7.04. The number of halogens is 1. The lowest BCUT2D eigenvalue weighted by Gasteiger charge is -2.21. The van der Waals surface area contributed by atoms with Crippen LogP contribution in [0.3, 0.4) is 0 Å². The zero-order valence-electron chi connectivity index (χ0n) is 15.6. The Kier molecular flexibility index (Phi) is 6.19. The second kappa shape index (κ2) is 8.59. The molecule has 144 valence electrons. The molecule has 3 rings (SSSR count). The van der Waals surface area contributed by atoms with Gasteiger partial charge in [-0.2, -0.15) is 0 Å². The summed E-state index contributed by atoms with van der Waals surface area (Å²) in [4.78, 5) is 27.5. The molecule has 0 atom stereocenters. The molecule has 27 heavy (non-hydrogen) atoms. The van der Waals surface area contributed by atoms with E-state index in [0.717, 1.165) is 24.2 Å². The third-order valence-electron chi connectivity index (χ3n) is 4.37. The normalized spacial score (nSPS) is 13.6. The Hall–Kier alpha value is -2.31. The van der Waals surface area contributed by atoms with Gasteiger partial charge in [-0.05, 0) is 56.3 Å². The molecule has 2 aromatic rings. The van der Waals surface area contributed by atoms with Crippen LogP contribution >= 0.6 is 11.6 Å². The van der Waals surface area contributed by atoms with Crippen LogP contribution in [0, 0.1) is 0 Å². The van der Waals surface area contributed by atoms with Gasteiger partial charge in [-0.3, -0.25) is 14.5 Å². The van der Waals surface area contributed by atoms with Crippen LogP contribution in [-0.2, 0) is 16.1 Å². The SMILES string of the molecule is CN(CC(=O)NC1CC1)CC(=O)N(C)Cc1ccc(-c2ccc(Cl)cc2)o1. The first-order valence-electron chi connectivity index (χ1n) is 8.97. The zero-order chi connectivity index (χ0) is 19.4. The third-order valence-corrected chi connectivity index (χ3v) is 4.62. The Morgan fingerprint density at radius 1 is 1.11 bits per heavy atom. The summed E-state index contributed by atoms with van der Waals surface area (Å²) in [5.74, 6) is 1.33. The predicted octanol–water partition coefficient (Wildman–Crippen LogP) is 2.77. The molecule has 0 radical (unpaired) electrons. The third kappa shape index (κ3) is 5.84. The lowest BCUT2D eigenvalue weighted by Crippen LogP contribution is -2.41. The van der Waals surface area contributed by atoms with Crippen molar-refractivity contribution in [2.24, 2.45) is 0 Å². The summed E-state index contributed by atoms with van der Waals surface area (Å²) in [6.45, 7) is 0.769. The molecule has 1 aromatic carbocycles. The topological polar surface area (TPSA) is 65.8 Å².